The van der Waals surface area contributed by atoms with Crippen LogP contribution in [0.3, 0.4) is 0 Å². The van der Waals surface area contributed by atoms with Crippen LogP contribution in [0.5, 0.6) is 0 Å². The van der Waals surface area contributed by atoms with Gasteiger partial charge in [0.15, 0.2) is 0 Å². The third-order valence-corrected chi connectivity index (χ3v) is 3.81. The number of aliphatic hydroxyl groups excluding tert-OH is 2. The molecule has 0 radical (unpaired) electrons. The predicted molar refractivity (Wildman–Crippen MR) is 69.4 cm³/mol. The van der Waals surface area contributed by atoms with Crippen molar-refractivity contribution >= 4 is 5.69 Å². The lowest BCUT2D eigenvalue weighted by atomic mass is 9.95. The summed E-state index contributed by atoms with van der Waals surface area (Å²) in [5, 5.41) is 18.8. The van der Waals surface area contributed by atoms with Crippen LogP contribution in [0.1, 0.15) is 24.5 Å². The van der Waals surface area contributed by atoms with E-state index in [2.05, 4.69) is 0 Å². The Morgan fingerprint density at radius 3 is 2.60 bits per heavy atom. The molecule has 1 fully saturated rings. The van der Waals surface area contributed by atoms with Crippen molar-refractivity contribution in [1.82, 2.24) is 0 Å². The molecule has 1 aromatic carbocycles. The van der Waals surface area contributed by atoms with E-state index in [-0.39, 0.29) is 23.7 Å². The molecule has 1 saturated heterocycles. The summed E-state index contributed by atoms with van der Waals surface area (Å²) in [7, 11) is 0. The second-order valence-electron chi connectivity index (χ2n) is 5.29. The molecule has 0 saturated carbocycles. The van der Waals surface area contributed by atoms with Gasteiger partial charge in [-0.3, -0.25) is 0 Å². The maximum Gasteiger partial charge on any atom is 0.418 e. The van der Waals surface area contributed by atoms with Gasteiger partial charge < -0.3 is 15.1 Å². The Hall–Kier alpha value is -1.27. The topological polar surface area (TPSA) is 43.7 Å². The SMILES string of the molecule is CC1CCN(c2ccc(CO)cc2C(F)(F)F)CC1O. The van der Waals surface area contributed by atoms with Crippen LogP contribution in [0.15, 0.2) is 18.2 Å². The molecule has 0 bridgehead atoms. The average molecular weight is 289 g/mol. The highest BCUT2D eigenvalue weighted by molar-refractivity contribution is 5.57. The van der Waals surface area contributed by atoms with Crippen LogP contribution >= 0.6 is 0 Å². The Balaban J connectivity index is 2.36. The van der Waals surface area contributed by atoms with Crippen LogP contribution in [0.25, 0.3) is 0 Å². The van der Waals surface area contributed by atoms with Crippen LogP contribution in [0.4, 0.5) is 18.9 Å². The summed E-state index contributed by atoms with van der Waals surface area (Å²) < 4.78 is 39.4. The van der Waals surface area contributed by atoms with Crippen LogP contribution in [0, 0.1) is 5.92 Å². The largest absolute Gasteiger partial charge is 0.418 e. The molecular weight excluding hydrogens is 271 g/mol. The van der Waals surface area contributed by atoms with Gasteiger partial charge in [-0.05, 0) is 30.0 Å². The quantitative estimate of drug-likeness (QED) is 0.878. The minimum atomic E-state index is -4.48. The summed E-state index contributed by atoms with van der Waals surface area (Å²) in [5.41, 5.74) is -0.460. The highest BCUT2D eigenvalue weighted by Gasteiger charge is 2.36. The number of anilines is 1. The number of alkyl halides is 3. The lowest BCUT2D eigenvalue weighted by Gasteiger charge is -2.37. The molecule has 2 unspecified atom stereocenters. The Morgan fingerprint density at radius 2 is 2.05 bits per heavy atom. The fourth-order valence-electron chi connectivity index (χ4n) is 2.45. The van der Waals surface area contributed by atoms with E-state index < -0.39 is 24.5 Å². The van der Waals surface area contributed by atoms with Crippen LogP contribution in [-0.2, 0) is 12.8 Å². The fourth-order valence-corrected chi connectivity index (χ4v) is 2.45. The average Bonchev–Trinajstić information content (AvgIpc) is 2.40. The monoisotopic (exact) mass is 289 g/mol. The van der Waals surface area contributed by atoms with Crippen LogP contribution < -0.4 is 4.90 Å². The molecule has 1 aliphatic rings. The van der Waals surface area contributed by atoms with Gasteiger partial charge >= 0.3 is 6.18 Å². The van der Waals surface area contributed by atoms with Crippen molar-refractivity contribution < 1.29 is 23.4 Å². The summed E-state index contributed by atoms with van der Waals surface area (Å²) in [6.45, 7) is 2.15. The van der Waals surface area contributed by atoms with Crippen LogP contribution in [0.2, 0.25) is 0 Å². The van der Waals surface area contributed by atoms with Gasteiger partial charge in [0.2, 0.25) is 0 Å². The van der Waals surface area contributed by atoms with E-state index in [0.29, 0.717) is 13.0 Å². The number of aliphatic hydroxyl groups is 2. The number of piperidine rings is 1. The van der Waals surface area contributed by atoms with Crippen molar-refractivity contribution in [1.29, 1.82) is 0 Å². The van der Waals surface area contributed by atoms with Gasteiger partial charge in [0.25, 0.3) is 0 Å². The zero-order valence-corrected chi connectivity index (χ0v) is 11.2. The van der Waals surface area contributed by atoms with Gasteiger partial charge in [0, 0.05) is 18.8 Å². The molecule has 3 nitrogen and oxygen atoms in total. The number of rotatable bonds is 2. The summed E-state index contributed by atoms with van der Waals surface area (Å²) in [6, 6.07) is 3.83. The lowest BCUT2D eigenvalue weighted by Crippen LogP contribution is -2.43. The van der Waals surface area contributed by atoms with Gasteiger partial charge in [-0.15, -0.1) is 0 Å². The zero-order valence-electron chi connectivity index (χ0n) is 11.2. The first-order valence-electron chi connectivity index (χ1n) is 6.57. The van der Waals surface area contributed by atoms with Crippen LogP contribution in [-0.4, -0.2) is 29.4 Å². The van der Waals surface area contributed by atoms with Crippen molar-refractivity contribution in [2.45, 2.75) is 32.2 Å². The standard InChI is InChI=1S/C14H18F3NO2/c1-9-4-5-18(7-13(9)20)12-3-2-10(8-19)6-11(12)14(15,16)17/h2-3,6,9,13,19-20H,4-5,7-8H2,1H3. The molecule has 112 valence electrons. The van der Waals surface area contributed by atoms with Crippen molar-refractivity contribution in [3.63, 3.8) is 0 Å². The van der Waals surface area contributed by atoms with Gasteiger partial charge in [0.05, 0.1) is 18.3 Å². The van der Waals surface area contributed by atoms with Crippen molar-refractivity contribution in [3.8, 4) is 0 Å². The Morgan fingerprint density at radius 1 is 1.35 bits per heavy atom. The van der Waals surface area contributed by atoms with E-state index >= 15 is 0 Å². The first-order valence-corrected chi connectivity index (χ1v) is 6.57. The fraction of sp³-hybridized carbons (Fsp3) is 0.571. The van der Waals surface area contributed by atoms with Crippen molar-refractivity contribution in [3.05, 3.63) is 29.3 Å². The molecule has 0 aliphatic carbocycles. The lowest BCUT2D eigenvalue weighted by molar-refractivity contribution is -0.137. The Labute approximate surface area is 115 Å². The minimum absolute atomic E-state index is 0.0700. The first kappa shape index (κ1) is 15.1. The molecule has 20 heavy (non-hydrogen) atoms. The van der Waals surface area contributed by atoms with E-state index in [1.54, 1.807) is 4.90 Å². The summed E-state index contributed by atoms with van der Waals surface area (Å²) in [4.78, 5) is 1.56. The molecule has 1 aromatic rings. The minimum Gasteiger partial charge on any atom is -0.392 e. The number of hydrogen-bond acceptors (Lipinski definition) is 3. The molecule has 0 aromatic heterocycles. The van der Waals surface area contributed by atoms with E-state index in [0.717, 1.165) is 6.07 Å². The van der Waals surface area contributed by atoms with Gasteiger partial charge in [-0.25, -0.2) is 0 Å². The van der Waals surface area contributed by atoms with E-state index in [9.17, 15) is 18.3 Å². The molecule has 1 heterocycles. The molecule has 1 aliphatic heterocycles. The molecule has 0 spiro atoms. The van der Waals surface area contributed by atoms with E-state index in [4.69, 9.17) is 5.11 Å². The highest BCUT2D eigenvalue weighted by atomic mass is 19.4. The zero-order chi connectivity index (χ0) is 14.9. The molecule has 2 N–H and O–H groups in total. The Kier molecular flexibility index (Phi) is 4.25. The predicted octanol–water partition coefficient (Wildman–Crippen LogP) is 2.40. The van der Waals surface area contributed by atoms with Gasteiger partial charge in [0.1, 0.15) is 0 Å². The molecule has 2 rings (SSSR count). The molecule has 6 heteroatoms. The van der Waals surface area contributed by atoms with Crippen molar-refractivity contribution in [2.24, 2.45) is 5.92 Å². The number of benzene rings is 1. The van der Waals surface area contributed by atoms with Crippen molar-refractivity contribution in [2.75, 3.05) is 18.0 Å². The Bertz CT molecular complexity index is 476. The second-order valence-corrected chi connectivity index (χ2v) is 5.29. The summed E-state index contributed by atoms with van der Waals surface area (Å²) in [5.74, 6) is 0.0947. The number of hydrogen-bond donors (Lipinski definition) is 2. The van der Waals surface area contributed by atoms with E-state index in [1.807, 2.05) is 6.92 Å². The first-order chi connectivity index (χ1) is 9.32. The third kappa shape index (κ3) is 3.07. The van der Waals surface area contributed by atoms with Gasteiger partial charge in [-0.2, -0.15) is 13.2 Å². The molecule has 2 atom stereocenters. The van der Waals surface area contributed by atoms with E-state index in [1.165, 1.54) is 12.1 Å². The summed E-state index contributed by atoms with van der Waals surface area (Å²) >= 11 is 0. The molecule has 0 amide bonds. The maximum absolute atomic E-state index is 13.1. The normalized spacial score (nSPS) is 24.0. The number of nitrogens with zero attached hydrogens (tertiary/aromatic N) is 1. The van der Waals surface area contributed by atoms with Gasteiger partial charge in [-0.1, -0.05) is 13.0 Å². The third-order valence-electron chi connectivity index (χ3n) is 3.81. The second kappa shape index (κ2) is 5.61. The highest BCUT2D eigenvalue weighted by Crippen LogP contribution is 2.38. The molecular formula is C14H18F3NO2. The maximum atomic E-state index is 13.1. The number of β-amino-alcohol motifs (C(OH)–C–C–N with tert-alkyl or cyclic N) is 1. The summed E-state index contributed by atoms with van der Waals surface area (Å²) in [6.07, 6.45) is -4.45. The smallest absolute Gasteiger partial charge is 0.392 e. The number of halogens is 3.